The molecule has 0 aliphatic carbocycles. The van der Waals surface area contributed by atoms with E-state index < -0.39 is 0 Å². The van der Waals surface area contributed by atoms with Gasteiger partial charge in [0.05, 0.1) is 0 Å². The molecule has 0 aromatic carbocycles. The number of ether oxygens (including phenoxy) is 2. The van der Waals surface area contributed by atoms with Crippen LogP contribution in [-0.4, -0.2) is 23.9 Å². The zero-order valence-corrected chi connectivity index (χ0v) is 10.6. The standard InChI is InChI=1S/C11H17IO2/c12-8-4-1-2-5-9-13-11-7-3-6-10-14-11/h11H,1,3-4,6-10H2. The van der Waals surface area contributed by atoms with Crippen LogP contribution < -0.4 is 0 Å². The minimum absolute atomic E-state index is 0.00243. The molecule has 0 aromatic heterocycles. The minimum Gasteiger partial charge on any atom is -0.353 e. The van der Waals surface area contributed by atoms with Crippen LogP contribution in [0.5, 0.6) is 0 Å². The third-order valence-electron chi connectivity index (χ3n) is 2.04. The molecule has 14 heavy (non-hydrogen) atoms. The van der Waals surface area contributed by atoms with Gasteiger partial charge in [0.1, 0.15) is 6.61 Å². The van der Waals surface area contributed by atoms with Crippen molar-refractivity contribution in [2.45, 2.75) is 38.4 Å². The molecule has 1 saturated heterocycles. The van der Waals surface area contributed by atoms with E-state index in [9.17, 15) is 0 Å². The van der Waals surface area contributed by atoms with Gasteiger partial charge in [0.2, 0.25) is 0 Å². The largest absolute Gasteiger partial charge is 0.353 e. The lowest BCUT2D eigenvalue weighted by Crippen LogP contribution is -2.22. The van der Waals surface area contributed by atoms with Gasteiger partial charge in [-0.3, -0.25) is 0 Å². The average Bonchev–Trinajstić information content (AvgIpc) is 2.25. The van der Waals surface area contributed by atoms with E-state index in [-0.39, 0.29) is 6.29 Å². The van der Waals surface area contributed by atoms with Crippen LogP contribution in [0, 0.1) is 11.8 Å². The van der Waals surface area contributed by atoms with Crippen molar-refractivity contribution in [2.24, 2.45) is 0 Å². The van der Waals surface area contributed by atoms with E-state index in [1.54, 1.807) is 0 Å². The maximum absolute atomic E-state index is 5.47. The first-order valence-electron chi connectivity index (χ1n) is 5.18. The highest BCUT2D eigenvalue weighted by atomic mass is 127. The molecule has 1 aliphatic heterocycles. The van der Waals surface area contributed by atoms with E-state index in [1.807, 2.05) is 0 Å². The number of alkyl halides is 1. The van der Waals surface area contributed by atoms with E-state index >= 15 is 0 Å². The van der Waals surface area contributed by atoms with Crippen molar-refractivity contribution in [3.05, 3.63) is 0 Å². The maximum Gasteiger partial charge on any atom is 0.158 e. The van der Waals surface area contributed by atoms with Crippen molar-refractivity contribution in [1.82, 2.24) is 0 Å². The summed E-state index contributed by atoms with van der Waals surface area (Å²) >= 11 is 2.36. The summed E-state index contributed by atoms with van der Waals surface area (Å²) in [5.41, 5.74) is 0. The Morgan fingerprint density at radius 3 is 3.00 bits per heavy atom. The van der Waals surface area contributed by atoms with Gasteiger partial charge in [0, 0.05) is 17.5 Å². The van der Waals surface area contributed by atoms with Crippen LogP contribution in [0.3, 0.4) is 0 Å². The molecule has 1 rings (SSSR count). The lowest BCUT2D eigenvalue weighted by atomic mass is 10.2. The highest BCUT2D eigenvalue weighted by Gasteiger charge is 2.12. The van der Waals surface area contributed by atoms with Gasteiger partial charge in [-0.05, 0) is 25.7 Å². The molecule has 1 atom stereocenters. The third-order valence-corrected chi connectivity index (χ3v) is 2.80. The summed E-state index contributed by atoms with van der Waals surface area (Å²) in [6, 6.07) is 0. The van der Waals surface area contributed by atoms with Crippen molar-refractivity contribution in [2.75, 3.05) is 17.6 Å². The molecule has 0 spiro atoms. The van der Waals surface area contributed by atoms with E-state index in [2.05, 4.69) is 34.4 Å². The number of hydrogen-bond acceptors (Lipinski definition) is 2. The molecule has 1 aliphatic rings. The predicted molar refractivity (Wildman–Crippen MR) is 65.4 cm³/mol. The van der Waals surface area contributed by atoms with Gasteiger partial charge < -0.3 is 9.47 Å². The predicted octanol–water partition coefficient (Wildman–Crippen LogP) is 2.75. The monoisotopic (exact) mass is 308 g/mol. The fourth-order valence-corrected chi connectivity index (χ4v) is 1.65. The second-order valence-corrected chi connectivity index (χ2v) is 4.33. The molecule has 0 N–H and O–H groups in total. The van der Waals surface area contributed by atoms with Crippen molar-refractivity contribution >= 4 is 22.6 Å². The Morgan fingerprint density at radius 2 is 2.29 bits per heavy atom. The summed E-state index contributed by atoms with van der Waals surface area (Å²) in [6.45, 7) is 1.36. The fourth-order valence-electron chi connectivity index (χ4n) is 1.27. The maximum atomic E-state index is 5.47. The lowest BCUT2D eigenvalue weighted by molar-refractivity contribution is -0.154. The normalized spacial score (nSPS) is 21.4. The summed E-state index contributed by atoms with van der Waals surface area (Å²) in [5, 5.41) is 0. The zero-order valence-electron chi connectivity index (χ0n) is 8.43. The third kappa shape index (κ3) is 5.84. The van der Waals surface area contributed by atoms with E-state index in [4.69, 9.17) is 9.47 Å². The van der Waals surface area contributed by atoms with Gasteiger partial charge in [-0.15, -0.1) is 5.92 Å². The van der Waals surface area contributed by atoms with E-state index in [1.165, 1.54) is 23.7 Å². The summed E-state index contributed by atoms with van der Waals surface area (Å²) in [7, 11) is 0. The van der Waals surface area contributed by atoms with Crippen LogP contribution in [0.2, 0.25) is 0 Å². The van der Waals surface area contributed by atoms with Crippen molar-refractivity contribution < 1.29 is 9.47 Å². The molecule has 2 nitrogen and oxygen atoms in total. The second-order valence-electron chi connectivity index (χ2n) is 3.25. The average molecular weight is 308 g/mol. The highest BCUT2D eigenvalue weighted by Crippen LogP contribution is 2.12. The van der Waals surface area contributed by atoms with Crippen LogP contribution in [0.4, 0.5) is 0 Å². The van der Waals surface area contributed by atoms with Crippen LogP contribution in [0.1, 0.15) is 32.1 Å². The molecule has 0 bridgehead atoms. The first-order chi connectivity index (χ1) is 6.93. The Balaban J connectivity index is 1.98. The van der Waals surface area contributed by atoms with Gasteiger partial charge in [0.15, 0.2) is 6.29 Å². The zero-order chi connectivity index (χ0) is 10.1. The quantitative estimate of drug-likeness (QED) is 0.344. The Bertz CT molecular complexity index is 189. The highest BCUT2D eigenvalue weighted by molar-refractivity contribution is 14.1. The lowest BCUT2D eigenvalue weighted by Gasteiger charge is -2.21. The smallest absolute Gasteiger partial charge is 0.158 e. The topological polar surface area (TPSA) is 18.5 Å². The van der Waals surface area contributed by atoms with Crippen LogP contribution in [0.15, 0.2) is 0 Å². The molecule has 3 heteroatoms. The van der Waals surface area contributed by atoms with Crippen molar-refractivity contribution in [1.29, 1.82) is 0 Å². The molecule has 0 aromatic rings. The summed E-state index contributed by atoms with van der Waals surface area (Å²) in [4.78, 5) is 0. The number of unbranched alkanes of at least 4 members (excludes halogenated alkanes) is 1. The second kappa shape index (κ2) is 8.51. The van der Waals surface area contributed by atoms with Gasteiger partial charge in [-0.2, -0.15) is 0 Å². The van der Waals surface area contributed by atoms with Crippen LogP contribution in [0.25, 0.3) is 0 Å². The van der Waals surface area contributed by atoms with Crippen molar-refractivity contribution in [3.8, 4) is 11.8 Å². The van der Waals surface area contributed by atoms with E-state index in [0.29, 0.717) is 6.61 Å². The fraction of sp³-hybridized carbons (Fsp3) is 0.818. The Labute approximate surface area is 99.9 Å². The molecular formula is C11H17IO2. The molecule has 80 valence electrons. The Kier molecular flexibility index (Phi) is 7.47. The molecule has 1 unspecified atom stereocenters. The number of halogens is 1. The summed E-state index contributed by atoms with van der Waals surface area (Å²) in [5.74, 6) is 6.10. The first-order valence-corrected chi connectivity index (χ1v) is 6.71. The number of rotatable bonds is 4. The van der Waals surface area contributed by atoms with Crippen LogP contribution >= 0.6 is 22.6 Å². The molecule has 1 fully saturated rings. The molecular weight excluding hydrogens is 291 g/mol. The first kappa shape index (κ1) is 12.3. The van der Waals surface area contributed by atoms with Gasteiger partial charge in [0.25, 0.3) is 0 Å². The number of hydrogen-bond donors (Lipinski definition) is 0. The molecule has 1 heterocycles. The summed E-state index contributed by atoms with van der Waals surface area (Å²) in [6.07, 6.45) is 5.57. The summed E-state index contributed by atoms with van der Waals surface area (Å²) < 4.78 is 12.1. The van der Waals surface area contributed by atoms with Crippen LogP contribution in [-0.2, 0) is 9.47 Å². The van der Waals surface area contributed by atoms with E-state index in [0.717, 1.165) is 19.4 Å². The Morgan fingerprint density at radius 1 is 1.36 bits per heavy atom. The SMILES string of the molecule is ICCCC#CCOC1CCCCO1. The Hall–Kier alpha value is 0.210. The molecule has 0 amide bonds. The van der Waals surface area contributed by atoms with Crippen molar-refractivity contribution in [3.63, 3.8) is 0 Å². The molecule has 0 saturated carbocycles. The minimum atomic E-state index is 0.00243. The van der Waals surface area contributed by atoms with Gasteiger partial charge >= 0.3 is 0 Å². The molecule has 0 radical (unpaired) electrons. The van der Waals surface area contributed by atoms with Gasteiger partial charge in [-0.1, -0.05) is 28.5 Å². The van der Waals surface area contributed by atoms with Gasteiger partial charge in [-0.25, -0.2) is 0 Å².